The van der Waals surface area contributed by atoms with Crippen LogP contribution in [0.2, 0.25) is 0 Å². The standard InChI is InChI=1S/C11H16N2O2/c1-3-8-13(4-2)11(15)10-9(14)6-5-7-12-10/h5-7,14H,3-4,8H2,1-2H3. The van der Waals surface area contributed by atoms with Gasteiger partial charge >= 0.3 is 0 Å². The number of hydrogen-bond acceptors (Lipinski definition) is 3. The summed E-state index contributed by atoms with van der Waals surface area (Å²) < 4.78 is 0. The molecule has 0 saturated carbocycles. The van der Waals surface area contributed by atoms with Gasteiger partial charge in [0, 0.05) is 19.3 Å². The normalized spacial score (nSPS) is 10.0. The number of hydrogen-bond donors (Lipinski definition) is 1. The molecular formula is C11H16N2O2. The number of rotatable bonds is 4. The minimum atomic E-state index is -0.211. The van der Waals surface area contributed by atoms with Crippen LogP contribution in [0.4, 0.5) is 0 Å². The van der Waals surface area contributed by atoms with Gasteiger partial charge in [0.2, 0.25) is 0 Å². The Hall–Kier alpha value is -1.58. The molecule has 0 atom stereocenters. The highest BCUT2D eigenvalue weighted by molar-refractivity contribution is 5.94. The van der Waals surface area contributed by atoms with Crippen molar-refractivity contribution in [3.63, 3.8) is 0 Å². The molecule has 1 rings (SSSR count). The molecule has 0 aliphatic rings. The van der Waals surface area contributed by atoms with E-state index >= 15 is 0 Å². The first-order valence-electron chi connectivity index (χ1n) is 5.14. The molecule has 0 radical (unpaired) electrons. The Balaban J connectivity index is 2.88. The van der Waals surface area contributed by atoms with Gasteiger partial charge in [-0.05, 0) is 25.5 Å². The van der Waals surface area contributed by atoms with Gasteiger partial charge in [-0.15, -0.1) is 0 Å². The van der Waals surface area contributed by atoms with E-state index in [-0.39, 0.29) is 17.4 Å². The Morgan fingerprint density at radius 2 is 2.27 bits per heavy atom. The molecule has 0 unspecified atom stereocenters. The van der Waals surface area contributed by atoms with E-state index in [1.54, 1.807) is 11.0 Å². The Morgan fingerprint density at radius 3 is 2.80 bits per heavy atom. The van der Waals surface area contributed by atoms with Crippen LogP contribution in [-0.4, -0.2) is 34.0 Å². The molecule has 0 spiro atoms. The summed E-state index contributed by atoms with van der Waals surface area (Å²) in [4.78, 5) is 17.4. The molecule has 4 heteroatoms. The highest BCUT2D eigenvalue weighted by Gasteiger charge is 2.17. The highest BCUT2D eigenvalue weighted by Crippen LogP contribution is 2.14. The topological polar surface area (TPSA) is 53.4 Å². The molecule has 82 valence electrons. The van der Waals surface area contributed by atoms with Gasteiger partial charge in [0.1, 0.15) is 5.75 Å². The number of pyridine rings is 1. The first-order chi connectivity index (χ1) is 7.20. The van der Waals surface area contributed by atoms with Crippen molar-refractivity contribution in [2.45, 2.75) is 20.3 Å². The molecule has 0 aliphatic carbocycles. The largest absolute Gasteiger partial charge is 0.505 e. The predicted molar refractivity (Wildman–Crippen MR) is 57.8 cm³/mol. The van der Waals surface area contributed by atoms with E-state index in [1.807, 2.05) is 13.8 Å². The fourth-order valence-corrected chi connectivity index (χ4v) is 1.38. The lowest BCUT2D eigenvalue weighted by molar-refractivity contribution is 0.0755. The lowest BCUT2D eigenvalue weighted by atomic mass is 10.2. The van der Waals surface area contributed by atoms with Crippen molar-refractivity contribution in [2.24, 2.45) is 0 Å². The van der Waals surface area contributed by atoms with Crippen LogP contribution in [0, 0.1) is 0 Å². The van der Waals surface area contributed by atoms with Crippen LogP contribution >= 0.6 is 0 Å². The molecule has 1 amide bonds. The first-order valence-corrected chi connectivity index (χ1v) is 5.14. The van der Waals surface area contributed by atoms with Crippen molar-refractivity contribution in [3.05, 3.63) is 24.0 Å². The molecule has 0 fully saturated rings. The van der Waals surface area contributed by atoms with Gasteiger partial charge < -0.3 is 10.0 Å². The second-order valence-corrected chi connectivity index (χ2v) is 3.26. The second kappa shape index (κ2) is 5.34. The van der Waals surface area contributed by atoms with E-state index in [0.717, 1.165) is 6.42 Å². The van der Waals surface area contributed by atoms with Gasteiger partial charge in [0.05, 0.1) is 0 Å². The Bertz CT molecular complexity index is 339. The van der Waals surface area contributed by atoms with Crippen molar-refractivity contribution in [1.29, 1.82) is 0 Å². The van der Waals surface area contributed by atoms with Crippen LogP contribution < -0.4 is 0 Å². The highest BCUT2D eigenvalue weighted by atomic mass is 16.3. The van der Waals surface area contributed by atoms with Gasteiger partial charge in [-0.25, -0.2) is 4.98 Å². The average Bonchev–Trinajstić information content (AvgIpc) is 2.25. The third-order valence-electron chi connectivity index (χ3n) is 2.15. The van der Waals surface area contributed by atoms with Gasteiger partial charge in [0.25, 0.3) is 5.91 Å². The monoisotopic (exact) mass is 208 g/mol. The maximum absolute atomic E-state index is 11.9. The summed E-state index contributed by atoms with van der Waals surface area (Å²) in [6.07, 6.45) is 2.40. The van der Waals surface area contributed by atoms with Gasteiger partial charge in [0.15, 0.2) is 5.69 Å². The fraction of sp³-hybridized carbons (Fsp3) is 0.455. The summed E-state index contributed by atoms with van der Waals surface area (Å²) in [6, 6.07) is 3.07. The number of aromatic hydroxyl groups is 1. The number of nitrogens with zero attached hydrogens (tertiary/aromatic N) is 2. The van der Waals surface area contributed by atoms with Crippen LogP contribution in [0.25, 0.3) is 0 Å². The summed E-state index contributed by atoms with van der Waals surface area (Å²) >= 11 is 0. The number of amides is 1. The number of carbonyl (C=O) groups excluding carboxylic acids is 1. The quantitative estimate of drug-likeness (QED) is 0.818. The molecule has 4 nitrogen and oxygen atoms in total. The van der Waals surface area contributed by atoms with E-state index in [4.69, 9.17) is 0 Å². The van der Waals surface area contributed by atoms with E-state index in [2.05, 4.69) is 4.98 Å². The summed E-state index contributed by atoms with van der Waals surface area (Å²) in [5.74, 6) is -0.269. The number of carbonyl (C=O) groups is 1. The second-order valence-electron chi connectivity index (χ2n) is 3.26. The Labute approximate surface area is 89.6 Å². The smallest absolute Gasteiger partial charge is 0.276 e. The summed E-state index contributed by atoms with van der Waals surface area (Å²) in [6.45, 7) is 5.23. The lowest BCUT2D eigenvalue weighted by Crippen LogP contribution is -2.32. The third kappa shape index (κ3) is 2.68. The summed E-state index contributed by atoms with van der Waals surface area (Å²) in [5.41, 5.74) is 0.132. The van der Waals surface area contributed by atoms with Crippen molar-refractivity contribution >= 4 is 5.91 Å². The minimum Gasteiger partial charge on any atom is -0.505 e. The zero-order valence-corrected chi connectivity index (χ0v) is 9.10. The average molecular weight is 208 g/mol. The Kier molecular flexibility index (Phi) is 4.09. The lowest BCUT2D eigenvalue weighted by Gasteiger charge is -2.19. The SMILES string of the molecule is CCCN(CC)C(=O)c1ncccc1O. The zero-order valence-electron chi connectivity index (χ0n) is 9.10. The first kappa shape index (κ1) is 11.5. The third-order valence-corrected chi connectivity index (χ3v) is 2.15. The van der Waals surface area contributed by atoms with Crippen LogP contribution in [0.15, 0.2) is 18.3 Å². The van der Waals surface area contributed by atoms with Gasteiger partial charge in [-0.3, -0.25) is 4.79 Å². The van der Waals surface area contributed by atoms with E-state index in [0.29, 0.717) is 13.1 Å². The predicted octanol–water partition coefficient (Wildman–Crippen LogP) is 1.66. The van der Waals surface area contributed by atoms with Crippen LogP contribution in [0.3, 0.4) is 0 Å². The van der Waals surface area contributed by atoms with E-state index in [9.17, 15) is 9.90 Å². The van der Waals surface area contributed by atoms with Crippen LogP contribution in [0.5, 0.6) is 5.75 Å². The van der Waals surface area contributed by atoms with Gasteiger partial charge in [-0.2, -0.15) is 0 Å². The maximum Gasteiger partial charge on any atom is 0.276 e. The molecule has 1 N–H and O–H groups in total. The molecule has 15 heavy (non-hydrogen) atoms. The molecule has 0 aliphatic heterocycles. The fourth-order valence-electron chi connectivity index (χ4n) is 1.38. The van der Waals surface area contributed by atoms with Crippen molar-refractivity contribution in [1.82, 2.24) is 9.88 Å². The minimum absolute atomic E-state index is 0.0583. The zero-order chi connectivity index (χ0) is 11.3. The van der Waals surface area contributed by atoms with Crippen LogP contribution in [-0.2, 0) is 0 Å². The van der Waals surface area contributed by atoms with Crippen molar-refractivity contribution < 1.29 is 9.90 Å². The summed E-state index contributed by atoms with van der Waals surface area (Å²) in [5, 5.41) is 9.48. The molecule has 1 heterocycles. The molecule has 0 saturated heterocycles. The molecular weight excluding hydrogens is 192 g/mol. The van der Waals surface area contributed by atoms with Crippen LogP contribution in [0.1, 0.15) is 30.8 Å². The molecule has 0 bridgehead atoms. The molecule has 1 aromatic rings. The maximum atomic E-state index is 11.9. The number of aromatic nitrogens is 1. The van der Waals surface area contributed by atoms with Crippen molar-refractivity contribution in [2.75, 3.05) is 13.1 Å². The van der Waals surface area contributed by atoms with E-state index in [1.165, 1.54) is 12.3 Å². The van der Waals surface area contributed by atoms with E-state index < -0.39 is 0 Å². The molecule has 1 aromatic heterocycles. The van der Waals surface area contributed by atoms with Crippen molar-refractivity contribution in [3.8, 4) is 5.75 Å². The van der Waals surface area contributed by atoms with Gasteiger partial charge in [-0.1, -0.05) is 6.92 Å². The Morgan fingerprint density at radius 1 is 1.53 bits per heavy atom. The summed E-state index contributed by atoms with van der Waals surface area (Å²) in [7, 11) is 0. The molecule has 0 aromatic carbocycles.